The minimum absolute atomic E-state index is 0.481. The van der Waals surface area contributed by atoms with Crippen molar-refractivity contribution in [1.82, 2.24) is 0 Å². The molecule has 0 saturated heterocycles. The number of hydrogen-bond donors (Lipinski definition) is 1. The molecule has 2 aromatic carbocycles. The van der Waals surface area contributed by atoms with Crippen molar-refractivity contribution < 1.29 is 5.11 Å². The molecule has 0 saturated carbocycles. The van der Waals surface area contributed by atoms with Gasteiger partial charge in [0.1, 0.15) is 0 Å². The summed E-state index contributed by atoms with van der Waals surface area (Å²) < 4.78 is 0.948. The summed E-state index contributed by atoms with van der Waals surface area (Å²) in [6.07, 6.45) is -0.481. The van der Waals surface area contributed by atoms with E-state index in [4.69, 9.17) is 0 Å². The second-order valence-electron chi connectivity index (χ2n) is 3.74. The van der Waals surface area contributed by atoms with Crippen LogP contribution in [0.1, 0.15) is 18.6 Å². The first-order valence-electron chi connectivity index (χ1n) is 5.22. The SMILES string of the molecule is CC(O)c1c(Br)cccc1-c1ccccc1. The molecule has 0 heterocycles. The summed E-state index contributed by atoms with van der Waals surface area (Å²) in [5.74, 6) is 0. The van der Waals surface area contributed by atoms with E-state index in [2.05, 4.69) is 15.9 Å². The molecule has 0 aromatic heterocycles. The molecule has 82 valence electrons. The second kappa shape index (κ2) is 4.81. The van der Waals surface area contributed by atoms with Crippen LogP contribution in [0.3, 0.4) is 0 Å². The summed E-state index contributed by atoms with van der Waals surface area (Å²) in [5.41, 5.74) is 3.14. The molecule has 2 rings (SSSR count). The Kier molecular flexibility index (Phi) is 3.42. The normalized spacial score (nSPS) is 12.4. The lowest BCUT2D eigenvalue weighted by Gasteiger charge is -2.14. The first kappa shape index (κ1) is 11.4. The maximum absolute atomic E-state index is 9.82. The minimum atomic E-state index is -0.481. The average Bonchev–Trinajstić information content (AvgIpc) is 2.29. The number of halogens is 1. The van der Waals surface area contributed by atoms with Crippen LogP contribution < -0.4 is 0 Å². The standard InChI is InChI=1S/C14H13BrO/c1-10(16)14-12(8-5-9-13(14)15)11-6-3-2-4-7-11/h2-10,16H,1H3. The molecule has 0 radical (unpaired) electrons. The predicted molar refractivity (Wildman–Crippen MR) is 70.2 cm³/mol. The summed E-state index contributed by atoms with van der Waals surface area (Å²) in [6, 6.07) is 16.1. The number of hydrogen-bond acceptors (Lipinski definition) is 1. The van der Waals surface area contributed by atoms with Gasteiger partial charge in [-0.3, -0.25) is 0 Å². The summed E-state index contributed by atoms with van der Waals surface area (Å²) in [6.45, 7) is 1.78. The van der Waals surface area contributed by atoms with Gasteiger partial charge in [-0.25, -0.2) is 0 Å². The van der Waals surface area contributed by atoms with Crippen LogP contribution >= 0.6 is 15.9 Å². The predicted octanol–water partition coefficient (Wildman–Crippen LogP) is 4.17. The Bertz CT molecular complexity index is 477. The Labute approximate surface area is 104 Å². The molecule has 0 bridgehead atoms. The van der Waals surface area contributed by atoms with Gasteiger partial charge in [-0.1, -0.05) is 58.4 Å². The first-order valence-corrected chi connectivity index (χ1v) is 6.01. The Morgan fingerprint density at radius 3 is 2.31 bits per heavy atom. The van der Waals surface area contributed by atoms with E-state index >= 15 is 0 Å². The van der Waals surface area contributed by atoms with Crippen LogP contribution in [0.15, 0.2) is 53.0 Å². The van der Waals surface area contributed by atoms with E-state index < -0.39 is 6.10 Å². The molecule has 1 N–H and O–H groups in total. The van der Waals surface area contributed by atoms with Gasteiger partial charge in [-0.05, 0) is 24.1 Å². The van der Waals surface area contributed by atoms with Crippen molar-refractivity contribution in [2.45, 2.75) is 13.0 Å². The number of benzene rings is 2. The van der Waals surface area contributed by atoms with Crippen LogP contribution in [0.5, 0.6) is 0 Å². The zero-order chi connectivity index (χ0) is 11.5. The fourth-order valence-corrected chi connectivity index (χ4v) is 2.53. The van der Waals surface area contributed by atoms with Gasteiger partial charge >= 0.3 is 0 Å². The highest BCUT2D eigenvalue weighted by molar-refractivity contribution is 9.10. The lowest BCUT2D eigenvalue weighted by molar-refractivity contribution is 0.199. The van der Waals surface area contributed by atoms with Gasteiger partial charge in [-0.2, -0.15) is 0 Å². The molecule has 0 aliphatic carbocycles. The topological polar surface area (TPSA) is 20.2 Å². The summed E-state index contributed by atoms with van der Waals surface area (Å²) in [5, 5.41) is 9.82. The van der Waals surface area contributed by atoms with Crippen molar-refractivity contribution in [3.05, 3.63) is 58.6 Å². The van der Waals surface area contributed by atoms with Crippen LogP contribution in [0.4, 0.5) is 0 Å². The molecular formula is C14H13BrO. The van der Waals surface area contributed by atoms with Gasteiger partial charge in [0.25, 0.3) is 0 Å². The van der Waals surface area contributed by atoms with E-state index in [1.807, 2.05) is 48.5 Å². The Balaban J connectivity index is 2.61. The molecule has 0 aliphatic rings. The molecule has 2 aromatic rings. The Morgan fingerprint density at radius 1 is 1.00 bits per heavy atom. The third-order valence-electron chi connectivity index (χ3n) is 2.56. The molecule has 16 heavy (non-hydrogen) atoms. The fourth-order valence-electron chi connectivity index (χ4n) is 1.83. The van der Waals surface area contributed by atoms with E-state index in [0.29, 0.717) is 0 Å². The van der Waals surface area contributed by atoms with Gasteiger partial charge in [-0.15, -0.1) is 0 Å². The number of aliphatic hydroxyl groups is 1. The number of aliphatic hydroxyl groups excluding tert-OH is 1. The molecule has 0 spiro atoms. The van der Waals surface area contributed by atoms with Crippen LogP contribution in [0.2, 0.25) is 0 Å². The van der Waals surface area contributed by atoms with E-state index in [1.165, 1.54) is 0 Å². The molecule has 0 amide bonds. The van der Waals surface area contributed by atoms with Crippen molar-refractivity contribution in [2.24, 2.45) is 0 Å². The maximum Gasteiger partial charge on any atom is 0.0778 e. The zero-order valence-corrected chi connectivity index (χ0v) is 10.6. The lowest BCUT2D eigenvalue weighted by atomic mass is 9.97. The molecule has 1 atom stereocenters. The highest BCUT2D eigenvalue weighted by atomic mass is 79.9. The van der Waals surface area contributed by atoms with E-state index in [1.54, 1.807) is 6.92 Å². The Hall–Kier alpha value is -1.12. The van der Waals surface area contributed by atoms with Gasteiger partial charge in [0, 0.05) is 10.0 Å². The van der Waals surface area contributed by atoms with Gasteiger partial charge in [0.15, 0.2) is 0 Å². The molecule has 0 fully saturated rings. The van der Waals surface area contributed by atoms with E-state index in [9.17, 15) is 5.11 Å². The molecule has 2 heteroatoms. The highest BCUT2D eigenvalue weighted by Gasteiger charge is 2.12. The van der Waals surface area contributed by atoms with Crippen molar-refractivity contribution in [3.8, 4) is 11.1 Å². The maximum atomic E-state index is 9.82. The summed E-state index contributed by atoms with van der Waals surface area (Å²) >= 11 is 3.48. The van der Waals surface area contributed by atoms with Crippen molar-refractivity contribution in [2.75, 3.05) is 0 Å². The third-order valence-corrected chi connectivity index (χ3v) is 3.25. The third kappa shape index (κ3) is 2.18. The van der Waals surface area contributed by atoms with Crippen LogP contribution in [0.25, 0.3) is 11.1 Å². The fraction of sp³-hybridized carbons (Fsp3) is 0.143. The molecule has 0 aliphatic heterocycles. The van der Waals surface area contributed by atoms with Gasteiger partial charge in [0.05, 0.1) is 6.10 Å². The monoisotopic (exact) mass is 276 g/mol. The largest absolute Gasteiger partial charge is 0.389 e. The van der Waals surface area contributed by atoms with Crippen LogP contribution in [0, 0.1) is 0 Å². The average molecular weight is 277 g/mol. The van der Waals surface area contributed by atoms with Crippen LogP contribution in [-0.2, 0) is 0 Å². The number of rotatable bonds is 2. The first-order chi connectivity index (χ1) is 7.70. The van der Waals surface area contributed by atoms with E-state index in [0.717, 1.165) is 21.2 Å². The highest BCUT2D eigenvalue weighted by Crippen LogP contribution is 2.33. The van der Waals surface area contributed by atoms with Crippen molar-refractivity contribution >= 4 is 15.9 Å². The summed E-state index contributed by atoms with van der Waals surface area (Å²) in [7, 11) is 0. The van der Waals surface area contributed by atoms with Gasteiger partial charge < -0.3 is 5.11 Å². The molecular weight excluding hydrogens is 264 g/mol. The minimum Gasteiger partial charge on any atom is -0.389 e. The quantitative estimate of drug-likeness (QED) is 0.873. The molecule has 1 unspecified atom stereocenters. The van der Waals surface area contributed by atoms with Crippen molar-refractivity contribution in [3.63, 3.8) is 0 Å². The smallest absolute Gasteiger partial charge is 0.0778 e. The Morgan fingerprint density at radius 2 is 1.69 bits per heavy atom. The molecule has 1 nitrogen and oxygen atoms in total. The second-order valence-corrected chi connectivity index (χ2v) is 4.60. The lowest BCUT2D eigenvalue weighted by Crippen LogP contribution is -1.96. The van der Waals surface area contributed by atoms with Crippen LogP contribution in [-0.4, -0.2) is 5.11 Å². The van der Waals surface area contributed by atoms with Gasteiger partial charge in [0.2, 0.25) is 0 Å². The van der Waals surface area contributed by atoms with Crippen molar-refractivity contribution in [1.29, 1.82) is 0 Å². The van der Waals surface area contributed by atoms with E-state index in [-0.39, 0.29) is 0 Å². The zero-order valence-electron chi connectivity index (χ0n) is 9.02. The summed E-state index contributed by atoms with van der Waals surface area (Å²) in [4.78, 5) is 0.